The first-order valence-corrected chi connectivity index (χ1v) is 7.78. The molecule has 0 heterocycles. The normalized spacial score (nSPS) is 11.9. The van der Waals surface area contributed by atoms with E-state index in [1.807, 2.05) is 19.9 Å². The molecule has 5 nitrogen and oxygen atoms in total. The predicted molar refractivity (Wildman–Crippen MR) is 95.3 cm³/mol. The number of ether oxygens (including phenoxy) is 2. The Bertz CT molecular complexity index is 486. The average Bonchev–Trinajstić information content (AvgIpc) is 2.51. The first-order valence-electron chi connectivity index (χ1n) is 7.40. The second-order valence-corrected chi connectivity index (χ2v) is 5.19. The molecule has 7 heteroatoms. The third kappa shape index (κ3) is 9.28. The number of hydrogen-bond donors (Lipinski definition) is 3. The zero-order valence-electron chi connectivity index (χ0n) is 13.8. The molecule has 0 rings (SSSR count). The lowest BCUT2D eigenvalue weighted by Crippen LogP contribution is -2.16. The van der Waals surface area contributed by atoms with Crippen LogP contribution in [0.5, 0.6) is 0 Å². The monoisotopic (exact) mass is 341 g/mol. The number of nitrogens with one attached hydrogen (secondary N) is 1. The lowest BCUT2D eigenvalue weighted by molar-refractivity contribution is 0.151. The average molecular weight is 342 g/mol. The van der Waals surface area contributed by atoms with Gasteiger partial charge in [-0.15, -0.1) is 6.58 Å². The van der Waals surface area contributed by atoms with Gasteiger partial charge in [-0.2, -0.15) is 0 Å². The summed E-state index contributed by atoms with van der Waals surface area (Å²) in [6, 6.07) is 0. The fourth-order valence-electron chi connectivity index (χ4n) is 1.51. The Morgan fingerprint density at radius 3 is 2.35 bits per heavy atom. The van der Waals surface area contributed by atoms with Crippen molar-refractivity contribution in [1.82, 2.24) is 0 Å². The summed E-state index contributed by atoms with van der Waals surface area (Å²) in [6.45, 7) is 11.6. The molecule has 0 saturated heterocycles. The van der Waals surface area contributed by atoms with Crippen molar-refractivity contribution in [2.24, 2.45) is 0 Å². The molecular formula is C16H25BClNO4. The molecular weight excluding hydrogens is 316 g/mol. The maximum atomic E-state index is 8.87. The van der Waals surface area contributed by atoms with Crippen LogP contribution in [-0.4, -0.2) is 36.3 Å². The second-order valence-electron chi connectivity index (χ2n) is 4.79. The van der Waals surface area contributed by atoms with Crippen LogP contribution in [0.25, 0.3) is 0 Å². The summed E-state index contributed by atoms with van der Waals surface area (Å²) in [5.41, 5.74) is 1.04. The van der Waals surface area contributed by atoms with Gasteiger partial charge in [-0.3, -0.25) is 5.41 Å². The Labute approximate surface area is 143 Å². The minimum atomic E-state index is -1.56. The molecule has 0 aliphatic heterocycles. The standard InChI is InChI=1S/C16H25BClNO4/c1-5-7-14(18)16(12(3)6-2)23-11-10-22-15(19)9-8-13(4)17(20)21/h5,7,19-21H,3-4,6,8-11H2,1-2H3/b7-5+,16-14-,19-15?. The molecule has 0 aliphatic rings. The highest BCUT2D eigenvalue weighted by Crippen LogP contribution is 2.21. The van der Waals surface area contributed by atoms with Crippen LogP contribution >= 0.6 is 11.6 Å². The summed E-state index contributed by atoms with van der Waals surface area (Å²) >= 11 is 6.14. The van der Waals surface area contributed by atoms with Crippen molar-refractivity contribution in [3.05, 3.63) is 47.1 Å². The van der Waals surface area contributed by atoms with Gasteiger partial charge in [0, 0.05) is 6.42 Å². The molecule has 0 saturated carbocycles. The van der Waals surface area contributed by atoms with Crippen LogP contribution in [0.2, 0.25) is 0 Å². The van der Waals surface area contributed by atoms with Gasteiger partial charge in [-0.25, -0.2) is 0 Å². The van der Waals surface area contributed by atoms with Crippen LogP contribution in [0.4, 0.5) is 0 Å². The van der Waals surface area contributed by atoms with E-state index in [-0.39, 0.29) is 37.4 Å². The van der Waals surface area contributed by atoms with Gasteiger partial charge in [-0.05, 0) is 36.9 Å². The maximum Gasteiger partial charge on any atom is 0.483 e. The van der Waals surface area contributed by atoms with E-state index >= 15 is 0 Å². The van der Waals surface area contributed by atoms with E-state index in [0.717, 1.165) is 5.57 Å². The fraction of sp³-hybridized carbons (Fsp3) is 0.438. The summed E-state index contributed by atoms with van der Waals surface area (Å²) in [5.74, 6) is 0.564. The Morgan fingerprint density at radius 1 is 1.22 bits per heavy atom. The van der Waals surface area contributed by atoms with E-state index in [9.17, 15) is 0 Å². The zero-order chi connectivity index (χ0) is 17.8. The van der Waals surface area contributed by atoms with Crippen LogP contribution in [0, 0.1) is 5.41 Å². The van der Waals surface area contributed by atoms with E-state index in [4.69, 9.17) is 36.5 Å². The van der Waals surface area contributed by atoms with Crippen molar-refractivity contribution >= 4 is 24.6 Å². The van der Waals surface area contributed by atoms with E-state index in [1.54, 1.807) is 6.08 Å². The Balaban J connectivity index is 4.26. The molecule has 0 spiro atoms. The number of rotatable bonds is 11. The van der Waals surface area contributed by atoms with Gasteiger partial charge in [0.05, 0.1) is 5.03 Å². The number of halogens is 1. The molecule has 0 bridgehead atoms. The van der Waals surface area contributed by atoms with Gasteiger partial charge in [0.1, 0.15) is 19.0 Å². The van der Waals surface area contributed by atoms with E-state index in [1.165, 1.54) is 0 Å². The largest absolute Gasteiger partial charge is 0.488 e. The minimum absolute atomic E-state index is 0.0369. The highest BCUT2D eigenvalue weighted by molar-refractivity contribution is 6.50. The maximum absolute atomic E-state index is 8.87. The first-order chi connectivity index (χ1) is 10.8. The Kier molecular flexibility index (Phi) is 11.2. The SMILES string of the molecule is C=C(CCC(=N)OCCO/C(C(=C)CC)=C(Cl)/C=C/C)B(O)O. The summed E-state index contributed by atoms with van der Waals surface area (Å²) in [7, 11) is -1.56. The van der Waals surface area contributed by atoms with Crippen molar-refractivity contribution in [3.63, 3.8) is 0 Å². The molecule has 0 radical (unpaired) electrons. The molecule has 0 aromatic rings. The molecule has 0 aliphatic carbocycles. The topological polar surface area (TPSA) is 82.8 Å². The highest BCUT2D eigenvalue weighted by Gasteiger charge is 2.13. The van der Waals surface area contributed by atoms with Gasteiger partial charge < -0.3 is 19.5 Å². The molecule has 0 fully saturated rings. The number of allylic oxidation sites excluding steroid dienone is 5. The molecule has 0 amide bonds. The van der Waals surface area contributed by atoms with Crippen molar-refractivity contribution in [1.29, 1.82) is 5.41 Å². The molecule has 3 N–H and O–H groups in total. The van der Waals surface area contributed by atoms with E-state index < -0.39 is 7.12 Å². The summed E-state index contributed by atoms with van der Waals surface area (Å²) in [4.78, 5) is 0. The summed E-state index contributed by atoms with van der Waals surface area (Å²) in [6.07, 6.45) is 4.78. The number of hydrogen-bond acceptors (Lipinski definition) is 5. The van der Waals surface area contributed by atoms with Gasteiger partial charge in [0.25, 0.3) is 0 Å². The van der Waals surface area contributed by atoms with Gasteiger partial charge in [0.15, 0.2) is 5.90 Å². The zero-order valence-corrected chi connectivity index (χ0v) is 14.5. The van der Waals surface area contributed by atoms with Crippen molar-refractivity contribution in [3.8, 4) is 0 Å². The molecule has 0 unspecified atom stereocenters. The van der Waals surface area contributed by atoms with Crippen LogP contribution in [-0.2, 0) is 9.47 Å². The third-order valence-corrected chi connectivity index (χ3v) is 3.22. The highest BCUT2D eigenvalue weighted by atomic mass is 35.5. The van der Waals surface area contributed by atoms with Gasteiger partial charge in [0.2, 0.25) is 0 Å². The third-order valence-electron chi connectivity index (χ3n) is 2.92. The van der Waals surface area contributed by atoms with Gasteiger partial charge in [-0.1, -0.05) is 31.2 Å². The summed E-state index contributed by atoms with van der Waals surface area (Å²) in [5, 5.41) is 25.9. The summed E-state index contributed by atoms with van der Waals surface area (Å²) < 4.78 is 10.8. The molecule has 0 aromatic carbocycles. The Hall–Kier alpha value is -1.50. The van der Waals surface area contributed by atoms with Gasteiger partial charge >= 0.3 is 7.12 Å². The van der Waals surface area contributed by atoms with Crippen LogP contribution < -0.4 is 0 Å². The fourth-order valence-corrected chi connectivity index (χ4v) is 1.82. The smallest absolute Gasteiger partial charge is 0.483 e. The van der Waals surface area contributed by atoms with Crippen LogP contribution in [0.3, 0.4) is 0 Å². The van der Waals surface area contributed by atoms with Crippen molar-refractivity contribution < 1.29 is 19.5 Å². The lowest BCUT2D eigenvalue weighted by atomic mass is 9.78. The predicted octanol–water partition coefficient (Wildman–Crippen LogP) is 3.34. The van der Waals surface area contributed by atoms with Crippen LogP contribution in [0.1, 0.15) is 33.1 Å². The minimum Gasteiger partial charge on any atom is -0.488 e. The molecule has 128 valence electrons. The van der Waals surface area contributed by atoms with E-state index in [2.05, 4.69) is 13.2 Å². The first kappa shape index (κ1) is 21.5. The van der Waals surface area contributed by atoms with Crippen LogP contribution in [0.15, 0.2) is 47.1 Å². The van der Waals surface area contributed by atoms with Crippen molar-refractivity contribution in [2.75, 3.05) is 13.2 Å². The molecule has 23 heavy (non-hydrogen) atoms. The molecule has 0 aromatic heterocycles. The second kappa shape index (κ2) is 12.0. The Morgan fingerprint density at radius 2 is 1.83 bits per heavy atom. The lowest BCUT2D eigenvalue weighted by Gasteiger charge is -2.14. The van der Waals surface area contributed by atoms with Crippen molar-refractivity contribution in [2.45, 2.75) is 33.1 Å². The van der Waals surface area contributed by atoms with E-state index in [0.29, 0.717) is 17.2 Å². The molecule has 0 atom stereocenters. The quantitative estimate of drug-likeness (QED) is 0.134.